The molecule has 0 aromatic rings. The number of hydrogen-bond acceptors (Lipinski definition) is 14. The molecule has 268 valence electrons. The number of ether oxygens (including phenoxy) is 11. The van der Waals surface area contributed by atoms with Crippen molar-refractivity contribution in [2.75, 3.05) is 139 Å². The molecule has 46 heavy (non-hydrogen) atoms. The molecular formula is C31H55NO14. The second-order valence-electron chi connectivity index (χ2n) is 10.6. The van der Waals surface area contributed by atoms with Crippen molar-refractivity contribution in [2.45, 2.75) is 32.8 Å². The fourth-order valence-corrected chi connectivity index (χ4v) is 3.44. The number of hydrogen-bond donors (Lipinski definition) is 0. The van der Waals surface area contributed by atoms with Gasteiger partial charge in [0.15, 0.2) is 0 Å². The van der Waals surface area contributed by atoms with Gasteiger partial charge in [-0.3, -0.25) is 19.3 Å². The van der Waals surface area contributed by atoms with Crippen molar-refractivity contribution in [1.82, 2.24) is 4.90 Å². The van der Waals surface area contributed by atoms with Gasteiger partial charge >= 0.3 is 5.97 Å². The summed E-state index contributed by atoms with van der Waals surface area (Å²) in [6.45, 7) is 14.5. The van der Waals surface area contributed by atoms with Crippen molar-refractivity contribution < 1.29 is 66.5 Å². The van der Waals surface area contributed by atoms with E-state index in [1.807, 2.05) is 20.8 Å². The summed E-state index contributed by atoms with van der Waals surface area (Å²) in [4.78, 5) is 35.5. The van der Waals surface area contributed by atoms with Crippen molar-refractivity contribution in [1.29, 1.82) is 0 Å². The molecule has 0 spiro atoms. The Balaban J connectivity index is 1.65. The minimum Gasteiger partial charge on any atom is -0.460 e. The molecule has 0 N–H and O–H groups in total. The van der Waals surface area contributed by atoms with Gasteiger partial charge in [-0.15, -0.1) is 0 Å². The van der Waals surface area contributed by atoms with Crippen molar-refractivity contribution in [2.24, 2.45) is 0 Å². The molecule has 0 aromatic heterocycles. The average Bonchev–Trinajstić information content (AvgIpc) is 3.33. The van der Waals surface area contributed by atoms with Gasteiger partial charge in [-0.25, -0.2) is 0 Å². The normalized spacial score (nSPS) is 13.3. The number of amides is 2. The van der Waals surface area contributed by atoms with E-state index in [4.69, 9.17) is 52.1 Å². The number of imide groups is 1. The van der Waals surface area contributed by atoms with Crippen LogP contribution in [0.2, 0.25) is 0 Å². The first kappa shape index (κ1) is 42.0. The SMILES string of the molecule is CC(C)(C)OC(=O)CCOCCOCCOCCOCCOCCOCCOCCOCCOCCOCCN1C(=O)C=CC1=O. The number of carbonyl (C=O) groups excluding carboxylic acids is 3. The van der Waals surface area contributed by atoms with E-state index in [1.54, 1.807) is 0 Å². The molecule has 0 aliphatic carbocycles. The van der Waals surface area contributed by atoms with Crippen LogP contribution in [0.1, 0.15) is 27.2 Å². The lowest BCUT2D eigenvalue weighted by Crippen LogP contribution is -2.33. The molecule has 1 aliphatic heterocycles. The van der Waals surface area contributed by atoms with Crippen molar-refractivity contribution in [3.05, 3.63) is 12.2 Å². The standard InChI is InChI=1S/C31H55NO14/c1-31(2,3)46-30(35)6-8-36-10-12-38-14-16-40-18-20-42-22-24-44-26-27-45-25-23-43-21-19-41-17-15-39-13-11-37-9-7-32-28(33)4-5-29(32)34/h4-5H,6-27H2,1-3H3. The maximum absolute atomic E-state index is 11.6. The van der Waals surface area contributed by atoms with E-state index in [9.17, 15) is 14.4 Å². The zero-order valence-electron chi connectivity index (χ0n) is 27.9. The number of esters is 1. The van der Waals surface area contributed by atoms with E-state index in [1.165, 1.54) is 12.2 Å². The predicted octanol–water partition coefficient (Wildman–Crippen LogP) is 0.809. The van der Waals surface area contributed by atoms with Gasteiger partial charge in [0.25, 0.3) is 11.8 Å². The average molecular weight is 666 g/mol. The highest BCUT2D eigenvalue weighted by Crippen LogP contribution is 2.08. The second kappa shape index (κ2) is 29.1. The summed E-state index contributed by atoms with van der Waals surface area (Å²) in [5.41, 5.74) is -0.479. The fourth-order valence-electron chi connectivity index (χ4n) is 3.44. The summed E-state index contributed by atoms with van der Waals surface area (Å²) in [5, 5.41) is 0. The van der Waals surface area contributed by atoms with Gasteiger partial charge in [0.1, 0.15) is 5.60 Å². The van der Waals surface area contributed by atoms with E-state index >= 15 is 0 Å². The third-order valence-corrected chi connectivity index (χ3v) is 5.58. The first-order valence-corrected chi connectivity index (χ1v) is 15.8. The Kier molecular flexibility index (Phi) is 26.6. The van der Waals surface area contributed by atoms with Gasteiger partial charge in [-0.05, 0) is 20.8 Å². The fraction of sp³-hybridized carbons (Fsp3) is 0.839. The van der Waals surface area contributed by atoms with Crippen LogP contribution in [0.3, 0.4) is 0 Å². The molecule has 0 bridgehead atoms. The van der Waals surface area contributed by atoms with Gasteiger partial charge in [-0.2, -0.15) is 0 Å². The highest BCUT2D eigenvalue weighted by Gasteiger charge is 2.22. The monoisotopic (exact) mass is 665 g/mol. The molecule has 0 saturated heterocycles. The van der Waals surface area contributed by atoms with Gasteiger partial charge in [0.2, 0.25) is 0 Å². The van der Waals surface area contributed by atoms with Crippen molar-refractivity contribution >= 4 is 17.8 Å². The molecule has 0 unspecified atom stereocenters. The van der Waals surface area contributed by atoms with E-state index in [2.05, 4.69) is 0 Å². The first-order valence-electron chi connectivity index (χ1n) is 15.8. The van der Waals surface area contributed by atoms with E-state index in [-0.39, 0.29) is 37.4 Å². The summed E-state index contributed by atoms with van der Waals surface area (Å²) in [6, 6.07) is 0. The maximum Gasteiger partial charge on any atom is 0.308 e. The lowest BCUT2D eigenvalue weighted by Gasteiger charge is -2.19. The minimum atomic E-state index is -0.479. The summed E-state index contributed by atoms with van der Waals surface area (Å²) >= 11 is 0. The van der Waals surface area contributed by atoms with Gasteiger partial charge < -0.3 is 52.1 Å². The highest BCUT2D eigenvalue weighted by atomic mass is 16.6. The molecule has 1 heterocycles. The lowest BCUT2D eigenvalue weighted by atomic mass is 10.2. The second-order valence-corrected chi connectivity index (χ2v) is 10.6. The maximum atomic E-state index is 11.6. The minimum absolute atomic E-state index is 0.226. The zero-order chi connectivity index (χ0) is 33.6. The van der Waals surface area contributed by atoms with E-state index < -0.39 is 5.60 Å². The van der Waals surface area contributed by atoms with Crippen molar-refractivity contribution in [3.8, 4) is 0 Å². The molecule has 1 aliphatic rings. The Hall–Kier alpha value is -2.05. The van der Waals surface area contributed by atoms with Crippen LogP contribution in [0.15, 0.2) is 12.2 Å². The van der Waals surface area contributed by atoms with Crippen LogP contribution >= 0.6 is 0 Å². The summed E-state index contributed by atoms with van der Waals surface area (Å²) in [6.07, 6.45) is 2.73. The van der Waals surface area contributed by atoms with Crippen LogP contribution < -0.4 is 0 Å². The molecule has 0 radical (unpaired) electrons. The number of carbonyl (C=O) groups is 3. The molecule has 0 aromatic carbocycles. The highest BCUT2D eigenvalue weighted by molar-refractivity contribution is 6.12. The predicted molar refractivity (Wildman–Crippen MR) is 165 cm³/mol. The largest absolute Gasteiger partial charge is 0.460 e. The van der Waals surface area contributed by atoms with E-state index in [0.717, 1.165) is 4.90 Å². The Morgan fingerprint density at radius 3 is 1.02 bits per heavy atom. The smallest absolute Gasteiger partial charge is 0.308 e. The summed E-state index contributed by atoms with van der Waals surface area (Å²) in [7, 11) is 0. The Labute approximate surface area is 272 Å². The zero-order valence-corrected chi connectivity index (χ0v) is 27.9. The van der Waals surface area contributed by atoms with Crippen LogP contribution in [0.25, 0.3) is 0 Å². The molecule has 0 saturated carbocycles. The molecule has 0 fully saturated rings. The molecular weight excluding hydrogens is 610 g/mol. The van der Waals surface area contributed by atoms with Gasteiger partial charge in [-0.1, -0.05) is 0 Å². The summed E-state index contributed by atoms with van der Waals surface area (Å²) in [5.74, 6) is -0.890. The topological polar surface area (TPSA) is 156 Å². The quantitative estimate of drug-likeness (QED) is 0.0551. The van der Waals surface area contributed by atoms with Crippen LogP contribution in [-0.4, -0.2) is 167 Å². The number of rotatable bonds is 33. The van der Waals surface area contributed by atoms with Gasteiger partial charge in [0.05, 0.1) is 145 Å². The summed E-state index contributed by atoms with van der Waals surface area (Å²) < 4.78 is 59.4. The Bertz CT molecular complexity index is 787. The van der Waals surface area contributed by atoms with Crippen LogP contribution in [-0.2, 0) is 66.5 Å². The van der Waals surface area contributed by atoms with E-state index in [0.29, 0.717) is 126 Å². The third kappa shape index (κ3) is 27.1. The number of nitrogens with zero attached hydrogens (tertiary/aromatic N) is 1. The van der Waals surface area contributed by atoms with Crippen LogP contribution in [0.5, 0.6) is 0 Å². The Morgan fingerprint density at radius 1 is 0.478 bits per heavy atom. The molecule has 15 heteroatoms. The molecule has 1 rings (SSSR count). The van der Waals surface area contributed by atoms with Crippen LogP contribution in [0.4, 0.5) is 0 Å². The molecule has 0 atom stereocenters. The first-order chi connectivity index (χ1) is 22.3. The molecule has 15 nitrogen and oxygen atoms in total. The Morgan fingerprint density at radius 2 is 0.739 bits per heavy atom. The lowest BCUT2D eigenvalue weighted by molar-refractivity contribution is -0.156. The van der Waals surface area contributed by atoms with Crippen molar-refractivity contribution in [3.63, 3.8) is 0 Å². The van der Waals surface area contributed by atoms with Gasteiger partial charge in [0, 0.05) is 12.2 Å². The molecule has 2 amide bonds. The van der Waals surface area contributed by atoms with Crippen LogP contribution in [0, 0.1) is 0 Å². The third-order valence-electron chi connectivity index (χ3n) is 5.58.